The fraction of sp³-hybridized carbons (Fsp3) is 0.333. The first-order valence-electron chi connectivity index (χ1n) is 10.0. The molecule has 1 aliphatic rings. The minimum absolute atomic E-state index is 0.0210. The molecule has 4 rings (SSSR count). The van der Waals surface area contributed by atoms with Crippen molar-refractivity contribution in [2.75, 3.05) is 38.1 Å². The van der Waals surface area contributed by atoms with Crippen LogP contribution in [0.5, 0.6) is 0 Å². The van der Waals surface area contributed by atoms with Gasteiger partial charge < -0.3 is 15.0 Å². The number of benzene rings is 1. The number of amides is 1. The molecular formula is C21H24N4O4S3. The van der Waals surface area contributed by atoms with Crippen molar-refractivity contribution in [1.82, 2.24) is 9.88 Å². The van der Waals surface area contributed by atoms with Gasteiger partial charge in [-0.05, 0) is 23.6 Å². The highest BCUT2D eigenvalue weighted by molar-refractivity contribution is 8.15. The molecule has 1 unspecified atom stereocenters. The van der Waals surface area contributed by atoms with Gasteiger partial charge in [-0.15, -0.1) is 11.3 Å². The number of aromatic nitrogens is 1. The molecule has 3 aromatic rings. The number of aromatic amines is 1. The number of fused-ring (bicyclic) bond motifs is 1. The van der Waals surface area contributed by atoms with E-state index in [2.05, 4.69) is 9.98 Å². The normalized spacial score (nSPS) is 16.3. The summed E-state index contributed by atoms with van der Waals surface area (Å²) in [6.45, 7) is 0.792. The molecule has 0 aliphatic carbocycles. The second-order valence-electron chi connectivity index (χ2n) is 7.46. The zero-order valence-corrected chi connectivity index (χ0v) is 20.1. The molecule has 0 radical (unpaired) electrons. The molecule has 0 fully saturated rings. The molecular weight excluding hydrogens is 468 g/mol. The van der Waals surface area contributed by atoms with Crippen LogP contribution in [-0.4, -0.2) is 73.4 Å². The Hall–Kier alpha value is -2.34. The predicted octanol–water partition coefficient (Wildman–Crippen LogP) is 2.76. The van der Waals surface area contributed by atoms with Crippen molar-refractivity contribution in [3.05, 3.63) is 47.5 Å². The van der Waals surface area contributed by atoms with E-state index < -0.39 is 10.0 Å². The fourth-order valence-electron chi connectivity index (χ4n) is 3.49. The summed E-state index contributed by atoms with van der Waals surface area (Å²) >= 11 is 2.73. The summed E-state index contributed by atoms with van der Waals surface area (Å²) in [5.41, 5.74) is 2.08. The number of carbonyl (C=O) groups excluding carboxylic acids is 1. The maximum atomic E-state index is 13.0. The Kier molecular flexibility index (Phi) is 6.61. The molecule has 1 atom stereocenters. The van der Waals surface area contributed by atoms with Crippen LogP contribution in [0, 0.1) is 0 Å². The summed E-state index contributed by atoms with van der Waals surface area (Å²) in [6.07, 6.45) is 0.349. The molecule has 11 heteroatoms. The number of para-hydroxylation sites is 1. The van der Waals surface area contributed by atoms with Crippen LogP contribution in [0.1, 0.15) is 12.1 Å². The summed E-state index contributed by atoms with van der Waals surface area (Å²) in [6, 6.07) is 10.8. The van der Waals surface area contributed by atoms with Gasteiger partial charge in [-0.25, -0.2) is 8.42 Å². The maximum Gasteiger partial charge on any atom is 0.273 e. The van der Waals surface area contributed by atoms with E-state index in [9.17, 15) is 13.2 Å². The molecule has 32 heavy (non-hydrogen) atoms. The van der Waals surface area contributed by atoms with E-state index in [1.165, 1.54) is 32.3 Å². The van der Waals surface area contributed by atoms with Crippen molar-refractivity contribution in [3.8, 4) is 0 Å². The molecule has 0 spiro atoms. The van der Waals surface area contributed by atoms with Gasteiger partial charge in [-0.3, -0.25) is 14.1 Å². The minimum Gasteiger partial charge on any atom is -0.395 e. The predicted molar refractivity (Wildman–Crippen MR) is 130 cm³/mol. The van der Waals surface area contributed by atoms with Crippen LogP contribution in [-0.2, 0) is 14.8 Å². The van der Waals surface area contributed by atoms with Gasteiger partial charge in [-0.2, -0.15) is 0 Å². The number of aliphatic imine (C=N–C) groups is 1. The third kappa shape index (κ3) is 4.42. The van der Waals surface area contributed by atoms with E-state index in [-0.39, 0.29) is 22.0 Å². The van der Waals surface area contributed by atoms with E-state index in [0.29, 0.717) is 25.2 Å². The smallest absolute Gasteiger partial charge is 0.273 e. The highest BCUT2D eigenvalue weighted by Crippen LogP contribution is 2.34. The quantitative estimate of drug-likeness (QED) is 0.503. The highest BCUT2D eigenvalue weighted by Gasteiger charge is 2.27. The number of thiophene rings is 1. The summed E-state index contributed by atoms with van der Waals surface area (Å²) in [5, 5.41) is 12.5. The Bertz CT molecular complexity index is 1250. The van der Waals surface area contributed by atoms with E-state index in [1.807, 2.05) is 18.2 Å². The van der Waals surface area contributed by atoms with Crippen molar-refractivity contribution in [3.63, 3.8) is 0 Å². The number of rotatable bonds is 8. The Balaban J connectivity index is 1.55. The van der Waals surface area contributed by atoms with Crippen LogP contribution < -0.4 is 4.31 Å². The van der Waals surface area contributed by atoms with Gasteiger partial charge in [0.15, 0.2) is 0 Å². The number of aliphatic hydroxyl groups excluding tert-OH is 1. The zero-order valence-electron chi connectivity index (χ0n) is 17.7. The summed E-state index contributed by atoms with van der Waals surface area (Å²) in [7, 11) is -0.416. The molecule has 2 aromatic heterocycles. The monoisotopic (exact) mass is 492 g/mol. The molecule has 1 aliphatic heterocycles. The number of sulfonamides is 1. The third-order valence-electron chi connectivity index (χ3n) is 5.29. The van der Waals surface area contributed by atoms with Gasteiger partial charge in [0.1, 0.15) is 9.25 Å². The van der Waals surface area contributed by atoms with Crippen LogP contribution in [0.2, 0.25) is 0 Å². The zero-order chi connectivity index (χ0) is 22.9. The van der Waals surface area contributed by atoms with E-state index in [0.717, 1.165) is 21.6 Å². The lowest BCUT2D eigenvalue weighted by molar-refractivity contribution is -0.130. The molecule has 0 bridgehead atoms. The number of H-pyrrole nitrogens is 1. The molecule has 1 amide bonds. The Morgan fingerprint density at radius 3 is 2.81 bits per heavy atom. The number of nitrogens with zero attached hydrogens (tertiary/aromatic N) is 3. The second kappa shape index (κ2) is 9.26. The first-order chi connectivity index (χ1) is 15.3. The number of nitrogens with one attached hydrogen (secondary N) is 1. The number of thioether (sulfide) groups is 1. The third-order valence-corrected chi connectivity index (χ3v) is 9.66. The first-order valence-corrected chi connectivity index (χ1v) is 13.2. The summed E-state index contributed by atoms with van der Waals surface area (Å²) in [5.74, 6) is -0.0210. The molecule has 0 saturated heterocycles. The number of hydrogen-bond donors (Lipinski definition) is 2. The Morgan fingerprint density at radius 1 is 1.28 bits per heavy atom. The van der Waals surface area contributed by atoms with Gasteiger partial charge in [0, 0.05) is 37.7 Å². The number of anilines is 1. The SMILES string of the molecule is CN(CCO)C(=O)CC1CN=C(c2cc3cccc(N(C)S(=O)(=O)c4cccs4)c3[nH]2)S1. The molecule has 0 saturated carbocycles. The second-order valence-corrected chi connectivity index (χ2v) is 11.9. The van der Waals surface area contributed by atoms with Gasteiger partial charge in [0.05, 0.1) is 30.0 Å². The standard InChI is InChI=1S/C21H24N4O4S3/c1-24(8-9-26)18(27)12-15-13-22-21(31-15)16-11-14-5-3-6-17(20(14)23-16)25(2)32(28,29)19-7-4-10-30-19/h3-7,10-11,15,23,26H,8-9,12-13H2,1-2H3. The van der Waals surface area contributed by atoms with Gasteiger partial charge in [-0.1, -0.05) is 30.0 Å². The maximum absolute atomic E-state index is 13.0. The Morgan fingerprint density at radius 2 is 2.09 bits per heavy atom. The lowest BCUT2D eigenvalue weighted by Gasteiger charge is -2.19. The average molecular weight is 493 g/mol. The first kappa shape index (κ1) is 22.8. The molecule has 170 valence electrons. The largest absolute Gasteiger partial charge is 0.395 e. The number of aliphatic hydroxyl groups is 1. The highest BCUT2D eigenvalue weighted by atomic mass is 32.2. The molecule has 1 aromatic carbocycles. The van der Waals surface area contributed by atoms with Crippen molar-refractivity contribution in [2.24, 2.45) is 4.99 Å². The van der Waals surface area contributed by atoms with Crippen LogP contribution in [0.25, 0.3) is 10.9 Å². The minimum atomic E-state index is -3.65. The van der Waals surface area contributed by atoms with Crippen LogP contribution in [0.3, 0.4) is 0 Å². The lowest BCUT2D eigenvalue weighted by atomic mass is 10.2. The molecule has 3 heterocycles. The Labute approximate surface area is 195 Å². The van der Waals surface area contributed by atoms with Crippen molar-refractivity contribution in [1.29, 1.82) is 0 Å². The fourth-order valence-corrected chi connectivity index (χ4v) is 6.93. The van der Waals surface area contributed by atoms with Gasteiger partial charge in [0.25, 0.3) is 10.0 Å². The van der Waals surface area contributed by atoms with Gasteiger partial charge in [0.2, 0.25) is 5.91 Å². The summed E-state index contributed by atoms with van der Waals surface area (Å²) in [4.78, 5) is 21.7. The van der Waals surface area contributed by atoms with Crippen molar-refractivity contribution >= 4 is 60.7 Å². The van der Waals surface area contributed by atoms with Crippen molar-refractivity contribution < 1.29 is 18.3 Å². The molecule has 2 N–H and O–H groups in total. The topological polar surface area (TPSA) is 106 Å². The van der Waals surface area contributed by atoms with Crippen LogP contribution in [0.4, 0.5) is 5.69 Å². The number of hydrogen-bond acceptors (Lipinski definition) is 7. The lowest BCUT2D eigenvalue weighted by Crippen LogP contribution is -2.31. The van der Waals surface area contributed by atoms with Crippen molar-refractivity contribution in [2.45, 2.75) is 15.9 Å². The van der Waals surface area contributed by atoms with Crippen LogP contribution in [0.15, 0.2) is 51.0 Å². The van der Waals surface area contributed by atoms with E-state index >= 15 is 0 Å². The van der Waals surface area contributed by atoms with Gasteiger partial charge >= 0.3 is 0 Å². The molecule has 8 nitrogen and oxygen atoms in total. The summed E-state index contributed by atoms with van der Waals surface area (Å²) < 4.78 is 27.6. The van der Waals surface area contributed by atoms with E-state index in [1.54, 1.807) is 37.7 Å². The average Bonchev–Trinajstić information content (AvgIpc) is 3.52. The number of likely N-dealkylation sites (N-methyl/N-ethyl adjacent to an activating group) is 1. The van der Waals surface area contributed by atoms with E-state index in [4.69, 9.17) is 5.11 Å². The van der Waals surface area contributed by atoms with Crippen LogP contribution >= 0.6 is 23.1 Å². The number of carbonyl (C=O) groups is 1.